The quantitative estimate of drug-likeness (QED) is 0.659. The largest absolute Gasteiger partial charge is 0.393 e. The SMILES string of the molecule is CC(O)Cc1ccc(=O)n(C)n1. The average molecular weight is 168 g/mol. The zero-order valence-corrected chi connectivity index (χ0v) is 7.19. The molecule has 4 nitrogen and oxygen atoms in total. The Bertz CT molecular complexity index is 317. The minimum absolute atomic E-state index is 0.135. The van der Waals surface area contributed by atoms with Crippen molar-refractivity contribution >= 4 is 0 Å². The minimum Gasteiger partial charge on any atom is -0.393 e. The molecule has 0 bridgehead atoms. The molecule has 0 saturated heterocycles. The van der Waals surface area contributed by atoms with E-state index in [0.717, 1.165) is 5.69 Å². The maximum atomic E-state index is 10.9. The van der Waals surface area contributed by atoms with Gasteiger partial charge in [0.25, 0.3) is 5.56 Å². The van der Waals surface area contributed by atoms with E-state index in [9.17, 15) is 4.79 Å². The van der Waals surface area contributed by atoms with Gasteiger partial charge in [0, 0.05) is 19.5 Å². The predicted octanol–water partition coefficient (Wildman–Crippen LogP) is -0.296. The van der Waals surface area contributed by atoms with Crippen molar-refractivity contribution in [2.24, 2.45) is 7.05 Å². The molecular formula is C8H12N2O2. The van der Waals surface area contributed by atoms with Crippen LogP contribution in [0.1, 0.15) is 12.6 Å². The molecule has 12 heavy (non-hydrogen) atoms. The van der Waals surface area contributed by atoms with Crippen molar-refractivity contribution in [2.75, 3.05) is 0 Å². The van der Waals surface area contributed by atoms with Gasteiger partial charge in [0.15, 0.2) is 0 Å². The lowest BCUT2D eigenvalue weighted by atomic mass is 10.2. The van der Waals surface area contributed by atoms with E-state index >= 15 is 0 Å². The van der Waals surface area contributed by atoms with Gasteiger partial charge in [-0.15, -0.1) is 0 Å². The molecule has 0 radical (unpaired) electrons. The summed E-state index contributed by atoms with van der Waals surface area (Å²) in [6, 6.07) is 3.08. The van der Waals surface area contributed by atoms with Crippen LogP contribution in [0.2, 0.25) is 0 Å². The van der Waals surface area contributed by atoms with Gasteiger partial charge in [-0.25, -0.2) is 4.68 Å². The second-order valence-corrected chi connectivity index (χ2v) is 2.84. The summed E-state index contributed by atoms with van der Waals surface area (Å²) in [5.41, 5.74) is 0.594. The van der Waals surface area contributed by atoms with Gasteiger partial charge in [0.05, 0.1) is 11.8 Å². The molecule has 1 rings (SSSR count). The van der Waals surface area contributed by atoms with E-state index in [0.29, 0.717) is 6.42 Å². The third-order valence-electron chi connectivity index (χ3n) is 1.52. The lowest BCUT2D eigenvalue weighted by Crippen LogP contribution is -2.20. The molecule has 0 aliphatic carbocycles. The van der Waals surface area contributed by atoms with E-state index in [1.165, 1.54) is 10.7 Å². The number of hydrogen-bond acceptors (Lipinski definition) is 3. The molecule has 0 amide bonds. The van der Waals surface area contributed by atoms with Crippen molar-refractivity contribution in [1.29, 1.82) is 0 Å². The Balaban J connectivity index is 2.90. The third kappa shape index (κ3) is 2.17. The molecule has 1 atom stereocenters. The van der Waals surface area contributed by atoms with E-state index in [1.807, 2.05) is 0 Å². The molecule has 1 N–H and O–H groups in total. The highest BCUT2D eigenvalue weighted by molar-refractivity contribution is 5.01. The van der Waals surface area contributed by atoms with Crippen molar-refractivity contribution in [3.8, 4) is 0 Å². The van der Waals surface area contributed by atoms with Crippen LogP contribution in [0.3, 0.4) is 0 Å². The van der Waals surface area contributed by atoms with Gasteiger partial charge in [0.1, 0.15) is 0 Å². The molecule has 66 valence electrons. The highest BCUT2D eigenvalue weighted by Gasteiger charge is 2.00. The normalized spacial score (nSPS) is 12.9. The Hall–Kier alpha value is -1.16. The average Bonchev–Trinajstić information content (AvgIpc) is 1.96. The summed E-state index contributed by atoms with van der Waals surface area (Å²) in [6.45, 7) is 1.69. The Morgan fingerprint density at radius 3 is 2.83 bits per heavy atom. The summed E-state index contributed by atoms with van der Waals surface area (Å²) in [5.74, 6) is 0. The number of aryl methyl sites for hydroxylation is 1. The van der Waals surface area contributed by atoms with Crippen molar-refractivity contribution in [3.63, 3.8) is 0 Å². The van der Waals surface area contributed by atoms with Crippen molar-refractivity contribution in [1.82, 2.24) is 9.78 Å². The summed E-state index contributed by atoms with van der Waals surface area (Å²) in [7, 11) is 1.59. The van der Waals surface area contributed by atoms with Crippen LogP contribution in [0, 0.1) is 0 Å². The highest BCUT2D eigenvalue weighted by Crippen LogP contribution is 1.95. The lowest BCUT2D eigenvalue weighted by Gasteiger charge is -2.03. The first-order valence-corrected chi connectivity index (χ1v) is 3.81. The number of aliphatic hydroxyl groups is 1. The van der Waals surface area contributed by atoms with Crippen LogP contribution < -0.4 is 5.56 Å². The molecule has 4 heteroatoms. The number of aromatic nitrogens is 2. The van der Waals surface area contributed by atoms with Gasteiger partial charge >= 0.3 is 0 Å². The second kappa shape index (κ2) is 3.49. The molecular weight excluding hydrogens is 156 g/mol. The van der Waals surface area contributed by atoms with Gasteiger partial charge in [-0.1, -0.05) is 0 Å². The first-order chi connectivity index (χ1) is 5.59. The van der Waals surface area contributed by atoms with E-state index < -0.39 is 6.10 Å². The number of rotatable bonds is 2. The molecule has 1 heterocycles. The van der Waals surface area contributed by atoms with Crippen LogP contribution in [-0.2, 0) is 13.5 Å². The van der Waals surface area contributed by atoms with Gasteiger partial charge < -0.3 is 5.11 Å². The number of aliphatic hydroxyl groups excluding tert-OH is 1. The summed E-state index contributed by atoms with van der Waals surface area (Å²) < 4.78 is 1.26. The highest BCUT2D eigenvalue weighted by atomic mass is 16.3. The first kappa shape index (κ1) is 8.93. The predicted molar refractivity (Wildman–Crippen MR) is 44.9 cm³/mol. The Morgan fingerprint density at radius 2 is 2.33 bits per heavy atom. The molecule has 1 unspecified atom stereocenters. The molecule has 1 aromatic heterocycles. The maximum absolute atomic E-state index is 10.9. The monoisotopic (exact) mass is 168 g/mol. The Labute approximate surface area is 70.5 Å². The Morgan fingerprint density at radius 1 is 1.67 bits per heavy atom. The lowest BCUT2D eigenvalue weighted by molar-refractivity contribution is 0.193. The van der Waals surface area contributed by atoms with Crippen LogP contribution in [0.5, 0.6) is 0 Å². The van der Waals surface area contributed by atoms with E-state index in [-0.39, 0.29) is 5.56 Å². The Kier molecular flexibility index (Phi) is 2.60. The number of hydrogen-bond donors (Lipinski definition) is 1. The standard InChI is InChI=1S/C8H12N2O2/c1-6(11)5-7-3-4-8(12)10(2)9-7/h3-4,6,11H,5H2,1-2H3. The van der Waals surface area contributed by atoms with E-state index in [1.54, 1.807) is 20.0 Å². The van der Waals surface area contributed by atoms with Crippen LogP contribution in [-0.4, -0.2) is 21.0 Å². The molecule has 1 aromatic rings. The van der Waals surface area contributed by atoms with Crippen LogP contribution in [0.25, 0.3) is 0 Å². The molecule has 0 aromatic carbocycles. The first-order valence-electron chi connectivity index (χ1n) is 3.81. The number of nitrogens with zero attached hydrogens (tertiary/aromatic N) is 2. The fourth-order valence-corrected chi connectivity index (χ4v) is 0.962. The zero-order chi connectivity index (χ0) is 9.14. The van der Waals surface area contributed by atoms with Crippen molar-refractivity contribution in [3.05, 3.63) is 28.2 Å². The minimum atomic E-state index is -0.421. The summed E-state index contributed by atoms with van der Waals surface area (Å²) >= 11 is 0. The van der Waals surface area contributed by atoms with Crippen LogP contribution in [0.4, 0.5) is 0 Å². The van der Waals surface area contributed by atoms with Crippen LogP contribution >= 0.6 is 0 Å². The van der Waals surface area contributed by atoms with Crippen molar-refractivity contribution < 1.29 is 5.11 Å². The molecule has 0 spiro atoms. The van der Waals surface area contributed by atoms with Gasteiger partial charge in [0.2, 0.25) is 0 Å². The molecule has 0 fully saturated rings. The van der Waals surface area contributed by atoms with Gasteiger partial charge in [-0.2, -0.15) is 5.10 Å². The van der Waals surface area contributed by atoms with Gasteiger partial charge in [-0.3, -0.25) is 4.79 Å². The maximum Gasteiger partial charge on any atom is 0.266 e. The van der Waals surface area contributed by atoms with E-state index in [2.05, 4.69) is 5.10 Å². The molecule has 0 aliphatic heterocycles. The topological polar surface area (TPSA) is 55.1 Å². The molecule has 0 saturated carbocycles. The summed E-state index contributed by atoms with van der Waals surface area (Å²) in [5, 5.41) is 13.0. The van der Waals surface area contributed by atoms with Crippen LogP contribution in [0.15, 0.2) is 16.9 Å². The molecule has 0 aliphatic rings. The van der Waals surface area contributed by atoms with Gasteiger partial charge in [-0.05, 0) is 13.0 Å². The summed E-state index contributed by atoms with van der Waals surface area (Å²) in [6.07, 6.45) is 0.0590. The zero-order valence-electron chi connectivity index (χ0n) is 7.19. The third-order valence-corrected chi connectivity index (χ3v) is 1.52. The fraction of sp³-hybridized carbons (Fsp3) is 0.500. The smallest absolute Gasteiger partial charge is 0.266 e. The van der Waals surface area contributed by atoms with E-state index in [4.69, 9.17) is 5.11 Å². The fourth-order valence-electron chi connectivity index (χ4n) is 0.962. The summed E-state index contributed by atoms with van der Waals surface area (Å²) in [4.78, 5) is 10.9. The van der Waals surface area contributed by atoms with Crippen molar-refractivity contribution in [2.45, 2.75) is 19.4 Å². The second-order valence-electron chi connectivity index (χ2n) is 2.84.